The van der Waals surface area contributed by atoms with Gasteiger partial charge >= 0.3 is 5.69 Å². The van der Waals surface area contributed by atoms with E-state index < -0.39 is 0 Å². The van der Waals surface area contributed by atoms with Crippen LogP contribution in [0.3, 0.4) is 0 Å². The molecule has 1 saturated heterocycles. The van der Waals surface area contributed by atoms with Crippen LogP contribution in [-0.2, 0) is 16.6 Å². The van der Waals surface area contributed by atoms with Crippen LogP contribution in [0.2, 0.25) is 0 Å². The molecule has 3 atom stereocenters. The molecular weight excluding hydrogens is 372 g/mol. The molecule has 1 spiro atoms. The lowest BCUT2D eigenvalue weighted by molar-refractivity contribution is -0.122. The van der Waals surface area contributed by atoms with Crippen LogP contribution in [0.5, 0.6) is 0 Å². The van der Waals surface area contributed by atoms with Crippen molar-refractivity contribution in [3.8, 4) is 0 Å². The average Bonchev–Trinajstić information content (AvgIpc) is 3.47. The Labute approximate surface area is 168 Å². The van der Waals surface area contributed by atoms with Gasteiger partial charge in [-0.05, 0) is 38.5 Å². The Bertz CT molecular complexity index is 1000. The predicted octanol–water partition coefficient (Wildman–Crippen LogP) is 1.47. The zero-order valence-corrected chi connectivity index (χ0v) is 16.8. The first-order valence-electron chi connectivity index (χ1n) is 10.6. The van der Waals surface area contributed by atoms with E-state index in [9.17, 15) is 9.59 Å². The molecule has 5 rings (SSSR count). The maximum atomic E-state index is 12.8. The summed E-state index contributed by atoms with van der Waals surface area (Å²) in [6.07, 6.45) is 9.27. The van der Waals surface area contributed by atoms with Gasteiger partial charge in [-0.25, -0.2) is 9.78 Å². The number of imidazole rings is 1. The van der Waals surface area contributed by atoms with Gasteiger partial charge in [0.2, 0.25) is 11.9 Å². The molecule has 3 aliphatic rings. The molecule has 2 saturated carbocycles. The summed E-state index contributed by atoms with van der Waals surface area (Å²) in [5.41, 5.74) is 6.75. The fraction of sp³-hybridized carbons (Fsp3) is 0.700. The highest BCUT2D eigenvalue weighted by molar-refractivity contribution is 5.79. The standard InChI is InChI=1S/C20H28N6O3/c1-25-15-11-22-18(24-17(15)26(19(25)28)12-5-2-3-6-12)23-14-10-20(7-4-8-29-20)9-13(14)16(21)27/h11-14H,2-10H2,1H3,(H2,21,27)(H,22,23,24). The molecule has 0 aromatic carbocycles. The van der Waals surface area contributed by atoms with Gasteiger partial charge < -0.3 is 15.8 Å². The quantitative estimate of drug-likeness (QED) is 0.803. The molecule has 3 N–H and O–H groups in total. The summed E-state index contributed by atoms with van der Waals surface area (Å²) in [5.74, 6) is -0.208. The number of carbonyl (C=O) groups is 1. The number of aryl methyl sites for hydroxylation is 1. The topological polar surface area (TPSA) is 117 Å². The minimum absolute atomic E-state index is 0.0486. The van der Waals surface area contributed by atoms with Gasteiger partial charge in [-0.15, -0.1) is 0 Å². The van der Waals surface area contributed by atoms with Gasteiger partial charge in [0.1, 0.15) is 5.52 Å². The number of anilines is 1. The number of amides is 1. The van der Waals surface area contributed by atoms with Crippen LogP contribution in [0.15, 0.2) is 11.0 Å². The number of aromatic nitrogens is 4. The summed E-state index contributed by atoms with van der Waals surface area (Å²) in [6.45, 7) is 0.734. The molecule has 2 aliphatic carbocycles. The molecular formula is C20H28N6O3. The number of ether oxygens (including phenoxy) is 1. The fourth-order valence-corrected chi connectivity index (χ4v) is 5.56. The summed E-state index contributed by atoms with van der Waals surface area (Å²) in [7, 11) is 1.76. The summed E-state index contributed by atoms with van der Waals surface area (Å²) < 4.78 is 9.42. The van der Waals surface area contributed by atoms with E-state index >= 15 is 0 Å². The first-order chi connectivity index (χ1) is 14.0. The van der Waals surface area contributed by atoms with Crippen LogP contribution in [0, 0.1) is 5.92 Å². The average molecular weight is 400 g/mol. The normalized spacial score (nSPS) is 30.0. The molecule has 3 fully saturated rings. The second kappa shape index (κ2) is 6.83. The monoisotopic (exact) mass is 400 g/mol. The summed E-state index contributed by atoms with van der Waals surface area (Å²) in [5, 5.41) is 3.33. The maximum absolute atomic E-state index is 12.8. The lowest BCUT2D eigenvalue weighted by atomic mass is 9.97. The number of primary amides is 1. The van der Waals surface area contributed by atoms with Crippen LogP contribution in [0.1, 0.15) is 57.4 Å². The van der Waals surface area contributed by atoms with Crippen molar-refractivity contribution in [2.24, 2.45) is 18.7 Å². The largest absolute Gasteiger partial charge is 0.375 e. The highest BCUT2D eigenvalue weighted by atomic mass is 16.5. The number of hydrogen-bond acceptors (Lipinski definition) is 6. The van der Waals surface area contributed by atoms with Crippen LogP contribution < -0.4 is 16.7 Å². The maximum Gasteiger partial charge on any atom is 0.330 e. The van der Waals surface area contributed by atoms with Gasteiger partial charge in [0, 0.05) is 25.7 Å². The van der Waals surface area contributed by atoms with Crippen molar-refractivity contribution in [1.82, 2.24) is 19.1 Å². The number of rotatable bonds is 4. The van der Waals surface area contributed by atoms with E-state index in [1.54, 1.807) is 17.8 Å². The molecule has 3 unspecified atom stereocenters. The zero-order chi connectivity index (χ0) is 20.2. The van der Waals surface area contributed by atoms with Gasteiger partial charge in [0.05, 0.1) is 17.7 Å². The minimum Gasteiger partial charge on any atom is -0.375 e. The Kier molecular flexibility index (Phi) is 4.38. The molecule has 0 bridgehead atoms. The number of nitrogens with two attached hydrogens (primary N) is 1. The summed E-state index contributed by atoms with van der Waals surface area (Å²) >= 11 is 0. The van der Waals surface area contributed by atoms with Crippen molar-refractivity contribution < 1.29 is 9.53 Å². The van der Waals surface area contributed by atoms with E-state index in [4.69, 9.17) is 15.5 Å². The Balaban J connectivity index is 1.48. The molecule has 1 amide bonds. The number of nitrogens with zero attached hydrogens (tertiary/aromatic N) is 4. The third-order valence-corrected chi connectivity index (χ3v) is 7.06. The van der Waals surface area contributed by atoms with Gasteiger partial charge in [-0.1, -0.05) is 12.8 Å². The molecule has 9 heteroatoms. The lowest BCUT2D eigenvalue weighted by Gasteiger charge is -2.22. The lowest BCUT2D eigenvalue weighted by Crippen LogP contribution is -2.34. The van der Waals surface area contributed by atoms with E-state index in [1.807, 2.05) is 4.57 Å². The summed E-state index contributed by atoms with van der Waals surface area (Å²) in [6, 6.07) is 0.0207. The van der Waals surface area contributed by atoms with Gasteiger partial charge in [0.25, 0.3) is 0 Å². The van der Waals surface area contributed by atoms with E-state index in [-0.39, 0.29) is 35.2 Å². The molecule has 156 valence electrons. The third-order valence-electron chi connectivity index (χ3n) is 7.06. The van der Waals surface area contributed by atoms with Crippen molar-refractivity contribution >= 4 is 23.0 Å². The highest BCUT2D eigenvalue weighted by Crippen LogP contribution is 2.44. The highest BCUT2D eigenvalue weighted by Gasteiger charge is 2.50. The third kappa shape index (κ3) is 3.02. The van der Waals surface area contributed by atoms with Gasteiger partial charge in [-0.2, -0.15) is 4.98 Å². The molecule has 9 nitrogen and oxygen atoms in total. The SMILES string of the molecule is Cn1c(=O)n(C2CCCC2)c2nc(NC3CC4(CCCO4)CC3C(N)=O)ncc21. The molecule has 3 heterocycles. The first-order valence-corrected chi connectivity index (χ1v) is 10.6. The number of nitrogens with one attached hydrogen (secondary N) is 1. The first kappa shape index (κ1) is 18.6. The Morgan fingerprint density at radius 1 is 1.31 bits per heavy atom. The second-order valence-corrected chi connectivity index (χ2v) is 8.86. The van der Waals surface area contributed by atoms with E-state index in [2.05, 4.69) is 10.3 Å². The van der Waals surface area contributed by atoms with Crippen molar-refractivity contribution in [3.05, 3.63) is 16.7 Å². The van der Waals surface area contributed by atoms with E-state index in [0.717, 1.165) is 50.6 Å². The smallest absolute Gasteiger partial charge is 0.330 e. The Hall–Kier alpha value is -2.42. The zero-order valence-electron chi connectivity index (χ0n) is 16.8. The van der Waals surface area contributed by atoms with Crippen molar-refractivity contribution in [3.63, 3.8) is 0 Å². The van der Waals surface area contributed by atoms with E-state index in [0.29, 0.717) is 24.4 Å². The van der Waals surface area contributed by atoms with Crippen molar-refractivity contribution in [2.45, 2.75) is 69.1 Å². The predicted molar refractivity (Wildman–Crippen MR) is 108 cm³/mol. The van der Waals surface area contributed by atoms with Crippen LogP contribution in [0.4, 0.5) is 5.95 Å². The number of carbonyl (C=O) groups excluding carboxylic acids is 1. The molecule has 29 heavy (non-hydrogen) atoms. The van der Waals surface area contributed by atoms with Crippen LogP contribution in [0.25, 0.3) is 11.2 Å². The Morgan fingerprint density at radius 3 is 2.79 bits per heavy atom. The summed E-state index contributed by atoms with van der Waals surface area (Å²) in [4.78, 5) is 34.0. The molecule has 2 aromatic rings. The van der Waals surface area contributed by atoms with E-state index in [1.165, 1.54) is 0 Å². The fourth-order valence-electron chi connectivity index (χ4n) is 5.56. The molecule has 1 aliphatic heterocycles. The molecule has 2 aromatic heterocycles. The van der Waals surface area contributed by atoms with Crippen molar-refractivity contribution in [1.29, 1.82) is 0 Å². The second-order valence-electron chi connectivity index (χ2n) is 8.86. The van der Waals surface area contributed by atoms with Crippen LogP contribution in [-0.4, -0.2) is 43.3 Å². The molecule has 0 radical (unpaired) electrons. The van der Waals surface area contributed by atoms with Crippen LogP contribution >= 0.6 is 0 Å². The number of fused-ring (bicyclic) bond motifs is 1. The Morgan fingerprint density at radius 2 is 2.10 bits per heavy atom. The van der Waals surface area contributed by atoms with Gasteiger partial charge in [-0.3, -0.25) is 13.9 Å². The van der Waals surface area contributed by atoms with Crippen molar-refractivity contribution in [2.75, 3.05) is 11.9 Å². The van der Waals surface area contributed by atoms with Gasteiger partial charge in [0.15, 0.2) is 5.65 Å². The number of hydrogen-bond donors (Lipinski definition) is 2. The minimum atomic E-state index is -0.321.